The van der Waals surface area contributed by atoms with Gasteiger partial charge in [-0.15, -0.1) is 0 Å². The van der Waals surface area contributed by atoms with Crippen LogP contribution in [0, 0.1) is 0 Å². The van der Waals surface area contributed by atoms with Gasteiger partial charge in [0.05, 0.1) is 7.11 Å². The summed E-state index contributed by atoms with van der Waals surface area (Å²) in [4.78, 5) is 0. The lowest BCUT2D eigenvalue weighted by Gasteiger charge is -2.16. The SMILES string of the molecule is CCC(=C(c1ccc(O)cc1)c1ccc(OC)cc1)c1ccccc1. The van der Waals surface area contributed by atoms with E-state index in [0.29, 0.717) is 0 Å². The Morgan fingerprint density at radius 3 is 1.84 bits per heavy atom. The van der Waals surface area contributed by atoms with E-state index in [2.05, 4.69) is 43.3 Å². The molecular formula is C23H22O2. The second kappa shape index (κ2) is 7.71. The number of phenolic OH excluding ortho intramolecular Hbond substituents is 1. The predicted molar refractivity (Wildman–Crippen MR) is 104 cm³/mol. The van der Waals surface area contributed by atoms with Crippen molar-refractivity contribution >= 4 is 11.1 Å². The molecule has 0 unspecified atom stereocenters. The zero-order valence-electron chi connectivity index (χ0n) is 14.6. The number of phenols is 1. The molecule has 1 N–H and O–H groups in total. The molecule has 0 spiro atoms. The van der Waals surface area contributed by atoms with E-state index in [1.165, 1.54) is 16.7 Å². The molecular weight excluding hydrogens is 308 g/mol. The highest BCUT2D eigenvalue weighted by molar-refractivity contribution is 5.98. The minimum absolute atomic E-state index is 0.274. The molecule has 126 valence electrons. The maximum absolute atomic E-state index is 9.66. The summed E-state index contributed by atoms with van der Waals surface area (Å²) in [6.45, 7) is 2.17. The Kier molecular flexibility index (Phi) is 5.20. The molecule has 0 aliphatic heterocycles. The van der Waals surface area contributed by atoms with Gasteiger partial charge in [0.2, 0.25) is 0 Å². The molecule has 2 heteroatoms. The third kappa shape index (κ3) is 3.74. The highest BCUT2D eigenvalue weighted by Crippen LogP contribution is 2.35. The van der Waals surface area contributed by atoms with E-state index in [4.69, 9.17) is 4.74 Å². The smallest absolute Gasteiger partial charge is 0.118 e. The molecule has 3 aromatic rings. The number of methoxy groups -OCH3 is 1. The average Bonchev–Trinajstić information content (AvgIpc) is 2.68. The molecule has 3 rings (SSSR count). The molecule has 2 nitrogen and oxygen atoms in total. The minimum atomic E-state index is 0.274. The fourth-order valence-electron chi connectivity index (χ4n) is 3.07. The lowest BCUT2D eigenvalue weighted by Crippen LogP contribution is -1.95. The van der Waals surface area contributed by atoms with E-state index >= 15 is 0 Å². The van der Waals surface area contributed by atoms with Crippen LogP contribution < -0.4 is 4.74 Å². The molecule has 0 heterocycles. The predicted octanol–water partition coefficient (Wildman–Crippen LogP) is 5.77. The molecule has 0 aliphatic carbocycles. The first kappa shape index (κ1) is 16.8. The van der Waals surface area contributed by atoms with E-state index in [-0.39, 0.29) is 5.75 Å². The highest BCUT2D eigenvalue weighted by Gasteiger charge is 2.13. The van der Waals surface area contributed by atoms with Crippen molar-refractivity contribution in [1.82, 2.24) is 0 Å². The molecule has 0 bridgehead atoms. The lowest BCUT2D eigenvalue weighted by molar-refractivity contribution is 0.415. The van der Waals surface area contributed by atoms with Gasteiger partial charge in [-0.2, -0.15) is 0 Å². The van der Waals surface area contributed by atoms with Gasteiger partial charge in [0.1, 0.15) is 11.5 Å². The van der Waals surface area contributed by atoms with Crippen molar-refractivity contribution in [3.63, 3.8) is 0 Å². The molecule has 3 aromatic carbocycles. The van der Waals surface area contributed by atoms with Gasteiger partial charge in [0.15, 0.2) is 0 Å². The van der Waals surface area contributed by atoms with Gasteiger partial charge in [0.25, 0.3) is 0 Å². The topological polar surface area (TPSA) is 29.5 Å². The van der Waals surface area contributed by atoms with Crippen LogP contribution in [0.3, 0.4) is 0 Å². The normalized spacial score (nSPS) is 11.8. The number of rotatable bonds is 5. The number of hydrogen-bond donors (Lipinski definition) is 1. The summed E-state index contributed by atoms with van der Waals surface area (Å²) in [7, 11) is 1.67. The van der Waals surface area contributed by atoms with Crippen LogP contribution in [0.2, 0.25) is 0 Å². The quantitative estimate of drug-likeness (QED) is 0.602. The van der Waals surface area contributed by atoms with Crippen molar-refractivity contribution < 1.29 is 9.84 Å². The summed E-state index contributed by atoms with van der Waals surface area (Å²) in [6.07, 6.45) is 0.909. The Bertz CT molecular complexity index is 845. The van der Waals surface area contributed by atoms with Gasteiger partial charge in [0, 0.05) is 0 Å². The molecule has 0 aromatic heterocycles. The Morgan fingerprint density at radius 1 is 0.760 bits per heavy atom. The highest BCUT2D eigenvalue weighted by atomic mass is 16.5. The van der Waals surface area contributed by atoms with Crippen LogP contribution in [0.15, 0.2) is 78.9 Å². The van der Waals surface area contributed by atoms with Crippen LogP contribution in [0.5, 0.6) is 11.5 Å². The van der Waals surface area contributed by atoms with Crippen LogP contribution >= 0.6 is 0 Å². The number of aromatic hydroxyl groups is 1. The van der Waals surface area contributed by atoms with Gasteiger partial charge in [-0.3, -0.25) is 0 Å². The minimum Gasteiger partial charge on any atom is -0.508 e. The van der Waals surface area contributed by atoms with Crippen molar-refractivity contribution in [3.05, 3.63) is 95.6 Å². The first-order valence-electron chi connectivity index (χ1n) is 8.45. The Morgan fingerprint density at radius 2 is 1.32 bits per heavy atom. The first-order valence-corrected chi connectivity index (χ1v) is 8.45. The fourth-order valence-corrected chi connectivity index (χ4v) is 3.07. The Balaban J connectivity index is 2.23. The standard InChI is InChI=1S/C23H22O2/c1-3-22(17-7-5-4-6-8-17)23(18-9-13-20(24)14-10-18)19-11-15-21(25-2)16-12-19/h4-16,24H,3H2,1-2H3. The second-order valence-corrected chi connectivity index (χ2v) is 5.85. The van der Waals surface area contributed by atoms with Gasteiger partial charge >= 0.3 is 0 Å². The summed E-state index contributed by atoms with van der Waals surface area (Å²) < 4.78 is 5.29. The summed E-state index contributed by atoms with van der Waals surface area (Å²) in [5, 5.41) is 9.66. The molecule has 0 fully saturated rings. The van der Waals surface area contributed by atoms with E-state index in [9.17, 15) is 5.11 Å². The molecule has 0 atom stereocenters. The largest absolute Gasteiger partial charge is 0.508 e. The number of hydrogen-bond acceptors (Lipinski definition) is 2. The number of allylic oxidation sites excluding steroid dienone is 1. The van der Waals surface area contributed by atoms with E-state index in [1.807, 2.05) is 30.3 Å². The maximum atomic E-state index is 9.66. The summed E-state index contributed by atoms with van der Waals surface area (Å²) >= 11 is 0. The van der Waals surface area contributed by atoms with Gasteiger partial charge in [-0.1, -0.05) is 61.5 Å². The Labute approximate surface area is 149 Å². The zero-order valence-corrected chi connectivity index (χ0v) is 14.6. The Hall–Kier alpha value is -3.00. The summed E-state index contributed by atoms with van der Waals surface area (Å²) in [5.41, 5.74) is 5.88. The number of ether oxygens (including phenoxy) is 1. The van der Waals surface area contributed by atoms with Crippen LogP contribution in [-0.4, -0.2) is 12.2 Å². The lowest BCUT2D eigenvalue weighted by atomic mass is 9.88. The third-order valence-electron chi connectivity index (χ3n) is 4.31. The van der Waals surface area contributed by atoms with Gasteiger partial charge in [-0.05, 0) is 58.5 Å². The van der Waals surface area contributed by atoms with E-state index < -0.39 is 0 Å². The van der Waals surface area contributed by atoms with Gasteiger partial charge in [-0.25, -0.2) is 0 Å². The van der Waals surface area contributed by atoms with Crippen LogP contribution in [0.25, 0.3) is 11.1 Å². The first-order chi connectivity index (χ1) is 12.2. The van der Waals surface area contributed by atoms with Crippen molar-refractivity contribution in [1.29, 1.82) is 0 Å². The van der Waals surface area contributed by atoms with Crippen LogP contribution in [0.1, 0.15) is 30.0 Å². The van der Waals surface area contributed by atoms with Crippen molar-refractivity contribution in [3.8, 4) is 11.5 Å². The maximum Gasteiger partial charge on any atom is 0.118 e. The summed E-state index contributed by atoms with van der Waals surface area (Å²) in [5.74, 6) is 1.11. The monoisotopic (exact) mass is 330 g/mol. The summed E-state index contributed by atoms with van der Waals surface area (Å²) in [6, 6.07) is 26.0. The van der Waals surface area contributed by atoms with E-state index in [0.717, 1.165) is 23.3 Å². The molecule has 0 saturated heterocycles. The van der Waals surface area contributed by atoms with Crippen molar-refractivity contribution in [2.24, 2.45) is 0 Å². The zero-order chi connectivity index (χ0) is 17.6. The van der Waals surface area contributed by atoms with E-state index in [1.54, 1.807) is 19.2 Å². The van der Waals surface area contributed by atoms with Crippen LogP contribution in [-0.2, 0) is 0 Å². The molecule has 0 aliphatic rings. The molecule has 0 amide bonds. The van der Waals surface area contributed by atoms with Crippen LogP contribution in [0.4, 0.5) is 0 Å². The molecule has 0 saturated carbocycles. The van der Waals surface area contributed by atoms with Crippen molar-refractivity contribution in [2.75, 3.05) is 7.11 Å². The van der Waals surface area contributed by atoms with Gasteiger partial charge < -0.3 is 9.84 Å². The molecule has 25 heavy (non-hydrogen) atoms. The number of benzene rings is 3. The second-order valence-electron chi connectivity index (χ2n) is 5.85. The third-order valence-corrected chi connectivity index (χ3v) is 4.31. The van der Waals surface area contributed by atoms with Crippen molar-refractivity contribution in [2.45, 2.75) is 13.3 Å². The fraction of sp³-hybridized carbons (Fsp3) is 0.130. The average molecular weight is 330 g/mol. The molecule has 0 radical (unpaired) electrons.